The molecule has 0 saturated carbocycles. The molecule has 0 saturated heterocycles. The van der Waals surface area contributed by atoms with Crippen molar-refractivity contribution < 1.29 is 9.59 Å². The van der Waals surface area contributed by atoms with Crippen molar-refractivity contribution in [3.05, 3.63) is 30.1 Å². The number of carbonyl (C=O) groups is 2. The Balaban J connectivity index is 1.75. The summed E-state index contributed by atoms with van der Waals surface area (Å²) < 4.78 is 0. The van der Waals surface area contributed by atoms with Gasteiger partial charge in [-0.2, -0.15) is 0 Å². The lowest BCUT2D eigenvalue weighted by molar-refractivity contribution is -0.121. The van der Waals surface area contributed by atoms with E-state index in [0.29, 0.717) is 37.4 Å². The van der Waals surface area contributed by atoms with Gasteiger partial charge < -0.3 is 15.6 Å². The first kappa shape index (κ1) is 15.3. The molecule has 2 rings (SSSR count). The highest BCUT2D eigenvalue weighted by Gasteiger charge is 2.07. The molecule has 1 aromatic heterocycles. The zero-order valence-electron chi connectivity index (χ0n) is 11.5. The van der Waals surface area contributed by atoms with E-state index in [1.165, 1.54) is 0 Å². The number of nitrogens with one attached hydrogen (secondary N) is 3. The Bertz CT molecular complexity index is 626. The summed E-state index contributed by atoms with van der Waals surface area (Å²) in [6.07, 6.45) is 2.65. The minimum Gasteiger partial charge on any atom is -0.354 e. The van der Waals surface area contributed by atoms with Crippen LogP contribution in [0.15, 0.2) is 24.5 Å². The van der Waals surface area contributed by atoms with Gasteiger partial charge >= 0.3 is 0 Å². The second-order valence-corrected chi connectivity index (χ2v) is 4.91. The number of aromatic nitrogens is 2. The summed E-state index contributed by atoms with van der Waals surface area (Å²) in [6, 6.07) is 5.25. The van der Waals surface area contributed by atoms with Crippen LogP contribution in [0.3, 0.4) is 0 Å². The van der Waals surface area contributed by atoms with Gasteiger partial charge in [0.15, 0.2) is 0 Å². The van der Waals surface area contributed by atoms with E-state index in [0.717, 1.165) is 11.0 Å². The van der Waals surface area contributed by atoms with E-state index < -0.39 is 0 Å². The Morgan fingerprint density at radius 3 is 2.86 bits per heavy atom. The fourth-order valence-electron chi connectivity index (χ4n) is 1.87. The molecule has 0 radical (unpaired) electrons. The highest BCUT2D eigenvalue weighted by molar-refractivity contribution is 6.17. The number of rotatable bonds is 7. The van der Waals surface area contributed by atoms with Crippen LogP contribution in [0.5, 0.6) is 0 Å². The number of aromatic amines is 1. The molecule has 0 aliphatic carbocycles. The molecule has 0 aliphatic heterocycles. The highest BCUT2D eigenvalue weighted by Crippen LogP contribution is 2.11. The molecule has 1 aromatic carbocycles. The van der Waals surface area contributed by atoms with Crippen molar-refractivity contribution in [2.45, 2.75) is 12.8 Å². The van der Waals surface area contributed by atoms with E-state index in [2.05, 4.69) is 20.6 Å². The van der Waals surface area contributed by atoms with Gasteiger partial charge in [0.05, 0.1) is 17.4 Å². The first-order chi connectivity index (χ1) is 10.2. The van der Waals surface area contributed by atoms with Gasteiger partial charge in [-0.3, -0.25) is 9.59 Å². The Kier molecular flexibility index (Phi) is 5.57. The summed E-state index contributed by atoms with van der Waals surface area (Å²) in [5.74, 6) is 0.241. The average Bonchev–Trinajstić information content (AvgIpc) is 2.96. The lowest BCUT2D eigenvalue weighted by Gasteiger charge is -2.07. The predicted octanol–water partition coefficient (Wildman–Crippen LogP) is 1.43. The molecule has 0 fully saturated rings. The third-order valence-electron chi connectivity index (χ3n) is 2.95. The third kappa shape index (κ3) is 4.46. The number of imidazole rings is 1. The molecule has 2 amide bonds. The number of carbonyl (C=O) groups excluding carboxylic acids is 2. The number of nitrogens with zero attached hydrogens (tertiary/aromatic N) is 1. The van der Waals surface area contributed by atoms with Gasteiger partial charge in [-0.15, -0.1) is 11.6 Å². The number of alkyl halides is 1. The maximum absolute atomic E-state index is 12.0. The van der Waals surface area contributed by atoms with E-state index in [4.69, 9.17) is 11.6 Å². The van der Waals surface area contributed by atoms with Crippen LogP contribution in [0, 0.1) is 0 Å². The van der Waals surface area contributed by atoms with Crippen molar-refractivity contribution in [2.75, 3.05) is 19.0 Å². The smallest absolute Gasteiger partial charge is 0.251 e. The van der Waals surface area contributed by atoms with Crippen LogP contribution in [0.25, 0.3) is 11.0 Å². The highest BCUT2D eigenvalue weighted by atomic mass is 35.5. The quantitative estimate of drug-likeness (QED) is 0.534. The van der Waals surface area contributed by atoms with Crippen LogP contribution in [-0.4, -0.2) is 40.8 Å². The van der Waals surface area contributed by atoms with E-state index in [9.17, 15) is 9.59 Å². The molecular formula is C14H17ClN4O2. The van der Waals surface area contributed by atoms with Crippen molar-refractivity contribution in [1.82, 2.24) is 20.6 Å². The van der Waals surface area contributed by atoms with Crippen LogP contribution in [0.4, 0.5) is 0 Å². The number of amides is 2. The summed E-state index contributed by atoms with van der Waals surface area (Å²) in [5.41, 5.74) is 2.19. The SMILES string of the molecule is O=C(CCCCl)NCCNC(=O)c1ccc2nc[nH]c2c1. The van der Waals surface area contributed by atoms with Crippen LogP contribution in [0.1, 0.15) is 23.2 Å². The number of halogens is 1. The normalized spacial score (nSPS) is 10.5. The fraction of sp³-hybridized carbons (Fsp3) is 0.357. The van der Waals surface area contributed by atoms with Crippen molar-refractivity contribution >= 4 is 34.4 Å². The summed E-state index contributed by atoms with van der Waals surface area (Å²) >= 11 is 5.51. The molecule has 0 unspecified atom stereocenters. The van der Waals surface area contributed by atoms with Crippen LogP contribution in [-0.2, 0) is 4.79 Å². The van der Waals surface area contributed by atoms with Crippen molar-refractivity contribution in [1.29, 1.82) is 0 Å². The van der Waals surface area contributed by atoms with Gasteiger partial charge in [-0.05, 0) is 24.6 Å². The van der Waals surface area contributed by atoms with Gasteiger partial charge in [-0.25, -0.2) is 4.98 Å². The molecule has 0 atom stereocenters. The number of fused-ring (bicyclic) bond motifs is 1. The topological polar surface area (TPSA) is 86.9 Å². The Labute approximate surface area is 127 Å². The van der Waals surface area contributed by atoms with Crippen molar-refractivity contribution in [2.24, 2.45) is 0 Å². The molecule has 7 heteroatoms. The van der Waals surface area contributed by atoms with E-state index in [-0.39, 0.29) is 11.8 Å². The first-order valence-corrected chi connectivity index (χ1v) is 7.28. The first-order valence-electron chi connectivity index (χ1n) is 6.74. The van der Waals surface area contributed by atoms with Crippen molar-refractivity contribution in [3.8, 4) is 0 Å². The maximum atomic E-state index is 12.0. The van der Waals surface area contributed by atoms with E-state index in [1.54, 1.807) is 24.5 Å². The minimum atomic E-state index is -0.179. The third-order valence-corrected chi connectivity index (χ3v) is 3.22. The van der Waals surface area contributed by atoms with Crippen molar-refractivity contribution in [3.63, 3.8) is 0 Å². The zero-order valence-corrected chi connectivity index (χ0v) is 12.2. The number of hydrogen-bond donors (Lipinski definition) is 3. The van der Waals surface area contributed by atoms with Crippen LogP contribution in [0.2, 0.25) is 0 Å². The molecule has 1 heterocycles. The lowest BCUT2D eigenvalue weighted by Crippen LogP contribution is -2.34. The predicted molar refractivity (Wildman–Crippen MR) is 81.4 cm³/mol. The van der Waals surface area contributed by atoms with E-state index >= 15 is 0 Å². The lowest BCUT2D eigenvalue weighted by atomic mass is 10.2. The molecule has 2 aromatic rings. The molecule has 0 spiro atoms. The molecule has 0 bridgehead atoms. The summed E-state index contributed by atoms with van der Waals surface area (Å²) in [6.45, 7) is 0.783. The Morgan fingerprint density at radius 1 is 1.24 bits per heavy atom. The number of benzene rings is 1. The van der Waals surface area contributed by atoms with Gasteiger partial charge in [-0.1, -0.05) is 0 Å². The standard InChI is InChI=1S/C14H17ClN4O2/c15-5-1-2-13(20)16-6-7-17-14(21)10-3-4-11-12(8-10)19-9-18-11/h3-4,8-9H,1-2,5-7H2,(H,16,20)(H,17,21)(H,18,19). The van der Waals surface area contributed by atoms with Gasteiger partial charge in [0.25, 0.3) is 5.91 Å². The van der Waals surface area contributed by atoms with Gasteiger partial charge in [0.1, 0.15) is 0 Å². The fourth-order valence-corrected chi connectivity index (χ4v) is 2.01. The largest absolute Gasteiger partial charge is 0.354 e. The molecular weight excluding hydrogens is 292 g/mol. The second kappa shape index (κ2) is 7.64. The molecule has 112 valence electrons. The molecule has 0 aliphatic rings. The Hall–Kier alpha value is -2.08. The number of H-pyrrole nitrogens is 1. The monoisotopic (exact) mass is 308 g/mol. The average molecular weight is 309 g/mol. The Morgan fingerprint density at radius 2 is 2.05 bits per heavy atom. The summed E-state index contributed by atoms with van der Waals surface area (Å²) in [7, 11) is 0. The van der Waals surface area contributed by atoms with Crippen LogP contribution >= 0.6 is 11.6 Å². The van der Waals surface area contributed by atoms with Gasteiger partial charge in [0, 0.05) is 31.0 Å². The summed E-state index contributed by atoms with van der Waals surface area (Å²) in [4.78, 5) is 30.3. The van der Waals surface area contributed by atoms with E-state index in [1.807, 2.05) is 0 Å². The summed E-state index contributed by atoms with van der Waals surface area (Å²) in [5, 5.41) is 5.47. The molecule has 6 nitrogen and oxygen atoms in total. The van der Waals surface area contributed by atoms with Crippen LogP contribution < -0.4 is 10.6 Å². The maximum Gasteiger partial charge on any atom is 0.251 e. The number of hydrogen-bond acceptors (Lipinski definition) is 3. The second-order valence-electron chi connectivity index (χ2n) is 4.53. The molecule has 3 N–H and O–H groups in total. The zero-order chi connectivity index (χ0) is 15.1. The minimum absolute atomic E-state index is 0.0521. The molecule has 21 heavy (non-hydrogen) atoms. The van der Waals surface area contributed by atoms with Gasteiger partial charge in [0.2, 0.25) is 5.91 Å².